The van der Waals surface area contributed by atoms with E-state index in [1.54, 1.807) is 0 Å². The van der Waals surface area contributed by atoms with Gasteiger partial charge in [-0.15, -0.1) is 0 Å². The zero-order valence-corrected chi connectivity index (χ0v) is 8.21. The van der Waals surface area contributed by atoms with Crippen molar-refractivity contribution in [3.8, 4) is 0 Å². The summed E-state index contributed by atoms with van der Waals surface area (Å²) >= 11 is 0. The predicted molar refractivity (Wildman–Crippen MR) is 57.9 cm³/mol. The number of rotatable bonds is 3. The lowest BCUT2D eigenvalue weighted by Gasteiger charge is -2.13. The van der Waals surface area contributed by atoms with Gasteiger partial charge < -0.3 is 0 Å². The summed E-state index contributed by atoms with van der Waals surface area (Å²) in [6.07, 6.45) is -0.410. The first-order valence-corrected chi connectivity index (χ1v) is 4.82. The Morgan fingerprint density at radius 3 is 1.47 bits per heavy atom. The Balaban J connectivity index is 2.34. The smallest absolute Gasteiger partial charge is 0.133 e. The molecule has 0 aliphatic heterocycles. The zero-order valence-electron chi connectivity index (χ0n) is 8.21. The third kappa shape index (κ3) is 2.24. The van der Waals surface area contributed by atoms with Crippen molar-refractivity contribution < 1.29 is 4.84 Å². The molecule has 74 valence electrons. The standard InChI is InChI=1S/C13H11NO/c14-15-13(11-7-3-1-4-8-11)12-9-5-2-6-10-12/h1-10,13H. The molecule has 0 spiro atoms. The van der Waals surface area contributed by atoms with E-state index in [4.69, 9.17) is 5.90 Å². The van der Waals surface area contributed by atoms with E-state index < -0.39 is 6.10 Å². The summed E-state index contributed by atoms with van der Waals surface area (Å²) in [5.41, 5.74) is 1.87. The molecule has 0 unspecified atom stereocenters. The molecule has 0 aliphatic rings. The molecule has 0 aliphatic carbocycles. The third-order valence-corrected chi connectivity index (χ3v) is 2.31. The van der Waals surface area contributed by atoms with E-state index in [1.165, 1.54) is 0 Å². The highest BCUT2D eigenvalue weighted by atomic mass is 16.6. The van der Waals surface area contributed by atoms with Crippen molar-refractivity contribution in [1.29, 1.82) is 0 Å². The molecule has 2 radical (unpaired) electrons. The molecule has 0 aromatic heterocycles. The Morgan fingerprint density at radius 2 is 1.13 bits per heavy atom. The van der Waals surface area contributed by atoms with Crippen LogP contribution in [0.25, 0.3) is 0 Å². The quantitative estimate of drug-likeness (QED) is 0.696. The van der Waals surface area contributed by atoms with Gasteiger partial charge in [0, 0.05) is 5.90 Å². The highest BCUT2D eigenvalue weighted by molar-refractivity contribution is 5.29. The lowest BCUT2D eigenvalue weighted by molar-refractivity contribution is 0.0635. The van der Waals surface area contributed by atoms with Gasteiger partial charge in [0.15, 0.2) is 0 Å². The van der Waals surface area contributed by atoms with Gasteiger partial charge in [0.25, 0.3) is 0 Å². The number of benzene rings is 2. The maximum absolute atomic E-state index is 8.93. The molecule has 0 saturated carbocycles. The van der Waals surface area contributed by atoms with Gasteiger partial charge in [0.1, 0.15) is 6.10 Å². The van der Waals surface area contributed by atoms with Gasteiger partial charge in [0.2, 0.25) is 0 Å². The fourth-order valence-corrected chi connectivity index (χ4v) is 1.57. The highest BCUT2D eigenvalue weighted by Gasteiger charge is 2.13. The first-order chi connectivity index (χ1) is 7.42. The molecule has 2 rings (SSSR count). The largest absolute Gasteiger partial charge is 0.251 e. The molecule has 0 bridgehead atoms. The third-order valence-electron chi connectivity index (χ3n) is 2.31. The molecule has 2 heteroatoms. The minimum atomic E-state index is -0.410. The molecule has 0 fully saturated rings. The van der Waals surface area contributed by atoms with Gasteiger partial charge in [0.05, 0.1) is 0 Å². The van der Waals surface area contributed by atoms with Gasteiger partial charge in [-0.2, -0.15) is 0 Å². The average Bonchev–Trinajstić information content (AvgIpc) is 2.33. The predicted octanol–water partition coefficient (Wildman–Crippen LogP) is 2.78. The second kappa shape index (κ2) is 4.73. The van der Waals surface area contributed by atoms with Gasteiger partial charge >= 0.3 is 0 Å². The molecule has 2 aromatic rings. The molecule has 0 heterocycles. The summed E-state index contributed by atoms with van der Waals surface area (Å²) in [5.74, 6) is 8.93. The van der Waals surface area contributed by atoms with Gasteiger partial charge in [-0.05, 0) is 11.1 Å². The topological polar surface area (TPSA) is 31.5 Å². The first-order valence-electron chi connectivity index (χ1n) is 4.82. The van der Waals surface area contributed by atoms with Crippen molar-refractivity contribution >= 4 is 0 Å². The van der Waals surface area contributed by atoms with Crippen LogP contribution in [-0.4, -0.2) is 0 Å². The van der Waals surface area contributed by atoms with Crippen LogP contribution in [-0.2, 0) is 4.84 Å². The van der Waals surface area contributed by atoms with Crippen molar-refractivity contribution in [2.75, 3.05) is 0 Å². The van der Waals surface area contributed by atoms with E-state index >= 15 is 0 Å². The van der Waals surface area contributed by atoms with Crippen molar-refractivity contribution in [3.63, 3.8) is 0 Å². The second-order valence-corrected chi connectivity index (χ2v) is 3.31. The van der Waals surface area contributed by atoms with Crippen LogP contribution in [0.3, 0.4) is 0 Å². The molecule has 0 atom stereocenters. The van der Waals surface area contributed by atoms with Crippen molar-refractivity contribution in [1.82, 2.24) is 5.90 Å². The van der Waals surface area contributed by atoms with Crippen molar-refractivity contribution in [3.05, 3.63) is 71.8 Å². The summed E-state index contributed by atoms with van der Waals surface area (Å²) in [6.45, 7) is 0. The van der Waals surface area contributed by atoms with Crippen LogP contribution in [0.1, 0.15) is 17.2 Å². The normalized spacial score (nSPS) is 10.5. The maximum Gasteiger partial charge on any atom is 0.133 e. The monoisotopic (exact) mass is 197 g/mol. The Bertz CT molecular complexity index is 360. The van der Waals surface area contributed by atoms with Crippen LogP contribution < -0.4 is 5.90 Å². The van der Waals surface area contributed by atoms with Crippen LogP contribution in [0, 0.1) is 0 Å². The lowest BCUT2D eigenvalue weighted by Crippen LogP contribution is -2.04. The molecule has 2 nitrogen and oxygen atoms in total. The lowest BCUT2D eigenvalue weighted by atomic mass is 10.0. The zero-order chi connectivity index (χ0) is 10.5. The fraction of sp³-hybridized carbons (Fsp3) is 0.0769. The first kappa shape index (κ1) is 9.90. The maximum atomic E-state index is 8.93. The Morgan fingerprint density at radius 1 is 0.733 bits per heavy atom. The minimum Gasteiger partial charge on any atom is -0.251 e. The summed E-state index contributed by atoms with van der Waals surface area (Å²) in [7, 11) is 0. The summed E-state index contributed by atoms with van der Waals surface area (Å²) in [6, 6.07) is 19.2. The van der Waals surface area contributed by atoms with Crippen molar-refractivity contribution in [2.24, 2.45) is 0 Å². The molecule has 2 aromatic carbocycles. The summed E-state index contributed by atoms with van der Waals surface area (Å²) in [4.78, 5) is 4.52. The van der Waals surface area contributed by atoms with Gasteiger partial charge in [-0.1, -0.05) is 60.7 Å². The van der Waals surface area contributed by atoms with Crippen LogP contribution in [0.15, 0.2) is 60.7 Å². The van der Waals surface area contributed by atoms with E-state index in [-0.39, 0.29) is 0 Å². The number of hydrogen-bond donors (Lipinski definition) is 0. The van der Waals surface area contributed by atoms with Gasteiger partial charge in [-0.3, -0.25) is 4.84 Å². The molecular formula is C13H11NO. The molecule has 0 amide bonds. The summed E-state index contributed by atoms with van der Waals surface area (Å²) < 4.78 is 0. The van der Waals surface area contributed by atoms with Crippen LogP contribution >= 0.6 is 0 Å². The Hall–Kier alpha value is -1.64. The second-order valence-electron chi connectivity index (χ2n) is 3.31. The SMILES string of the molecule is [N]OC(c1ccccc1)c1ccccc1. The Labute approximate surface area is 89.3 Å². The van der Waals surface area contributed by atoms with Crippen LogP contribution in [0.2, 0.25) is 0 Å². The van der Waals surface area contributed by atoms with Crippen molar-refractivity contribution in [2.45, 2.75) is 6.10 Å². The van der Waals surface area contributed by atoms with E-state index in [2.05, 4.69) is 4.84 Å². The average molecular weight is 197 g/mol. The van der Waals surface area contributed by atoms with Crippen LogP contribution in [0.5, 0.6) is 0 Å². The van der Waals surface area contributed by atoms with E-state index in [9.17, 15) is 0 Å². The fourth-order valence-electron chi connectivity index (χ4n) is 1.57. The van der Waals surface area contributed by atoms with Gasteiger partial charge in [-0.25, -0.2) is 0 Å². The molecular weight excluding hydrogens is 186 g/mol. The minimum absolute atomic E-state index is 0.410. The van der Waals surface area contributed by atoms with Crippen LogP contribution in [0.4, 0.5) is 0 Å². The highest BCUT2D eigenvalue weighted by Crippen LogP contribution is 2.24. The summed E-state index contributed by atoms with van der Waals surface area (Å²) in [5, 5.41) is 0. The Kier molecular flexibility index (Phi) is 3.12. The number of hydrogen-bond acceptors (Lipinski definition) is 1. The molecule has 0 N–H and O–H groups in total. The van der Waals surface area contributed by atoms with E-state index in [0.29, 0.717) is 0 Å². The molecule has 15 heavy (non-hydrogen) atoms. The number of nitrogens with zero attached hydrogens (tertiary/aromatic N) is 1. The molecule has 0 saturated heterocycles. The van der Waals surface area contributed by atoms with E-state index in [1.807, 2.05) is 60.7 Å². The van der Waals surface area contributed by atoms with E-state index in [0.717, 1.165) is 11.1 Å².